The van der Waals surface area contributed by atoms with E-state index in [0.29, 0.717) is 11.6 Å². The molecule has 0 unspecified atom stereocenters. The van der Waals surface area contributed by atoms with Gasteiger partial charge < -0.3 is 4.74 Å². The molecule has 8 heteroatoms. The molecule has 0 spiro atoms. The van der Waals surface area contributed by atoms with Gasteiger partial charge in [0.25, 0.3) is 0 Å². The highest BCUT2D eigenvalue weighted by Gasteiger charge is 2.33. The van der Waals surface area contributed by atoms with E-state index in [-0.39, 0.29) is 6.54 Å². The Hall–Kier alpha value is -2.35. The zero-order valence-electron chi connectivity index (χ0n) is 15.8. The Morgan fingerprint density at radius 2 is 1.82 bits per heavy atom. The van der Waals surface area contributed by atoms with Gasteiger partial charge in [-0.1, -0.05) is 23.7 Å². The summed E-state index contributed by atoms with van der Waals surface area (Å²) in [5, 5.41) is 5.42. The van der Waals surface area contributed by atoms with Crippen molar-refractivity contribution in [3.63, 3.8) is 0 Å². The van der Waals surface area contributed by atoms with Crippen molar-refractivity contribution in [3.05, 3.63) is 64.3 Å². The first-order valence-electron chi connectivity index (χ1n) is 8.75. The van der Waals surface area contributed by atoms with Crippen molar-refractivity contribution < 1.29 is 13.2 Å². The third-order valence-corrected chi connectivity index (χ3v) is 6.39. The summed E-state index contributed by atoms with van der Waals surface area (Å²) < 4.78 is 32.7. The van der Waals surface area contributed by atoms with Gasteiger partial charge in [0.05, 0.1) is 37.0 Å². The van der Waals surface area contributed by atoms with Crippen molar-refractivity contribution in [1.29, 1.82) is 0 Å². The molecular formula is C20H20ClN3O3S. The summed E-state index contributed by atoms with van der Waals surface area (Å²) in [7, 11) is -1.66. The van der Waals surface area contributed by atoms with Crippen LogP contribution < -0.4 is 4.74 Å². The van der Waals surface area contributed by atoms with Crippen molar-refractivity contribution >= 4 is 21.6 Å². The number of sulfonamides is 1. The number of aromatic nitrogens is 2. The number of hydrogen-bond donors (Lipinski definition) is 0. The van der Waals surface area contributed by atoms with E-state index < -0.39 is 10.0 Å². The van der Waals surface area contributed by atoms with Gasteiger partial charge in [0.15, 0.2) is 0 Å². The Kier molecular flexibility index (Phi) is 4.69. The molecule has 6 nitrogen and oxygen atoms in total. The molecule has 2 aromatic carbocycles. The maximum atomic E-state index is 12.0. The Morgan fingerprint density at radius 3 is 2.43 bits per heavy atom. The molecule has 1 aliphatic heterocycles. The number of ether oxygens (including phenoxy) is 1. The fraction of sp³-hybridized carbons (Fsp3) is 0.250. The van der Waals surface area contributed by atoms with Crippen LogP contribution in [-0.2, 0) is 23.1 Å². The highest BCUT2D eigenvalue weighted by Crippen LogP contribution is 2.36. The van der Waals surface area contributed by atoms with Crippen molar-refractivity contribution in [2.75, 3.05) is 13.4 Å². The maximum absolute atomic E-state index is 12.0. The summed E-state index contributed by atoms with van der Waals surface area (Å²) in [4.78, 5) is 0. The van der Waals surface area contributed by atoms with E-state index >= 15 is 0 Å². The number of benzene rings is 2. The molecule has 0 bridgehead atoms. The lowest BCUT2D eigenvalue weighted by molar-refractivity contribution is 0.414. The fourth-order valence-corrected chi connectivity index (χ4v) is 4.34. The van der Waals surface area contributed by atoms with Crippen LogP contribution in [0.2, 0.25) is 5.02 Å². The molecule has 0 atom stereocenters. The van der Waals surface area contributed by atoms with Crippen LogP contribution in [0.25, 0.3) is 16.9 Å². The molecule has 0 radical (unpaired) electrons. The van der Waals surface area contributed by atoms with Gasteiger partial charge in [0, 0.05) is 22.7 Å². The van der Waals surface area contributed by atoms with Gasteiger partial charge in [-0.2, -0.15) is 9.40 Å². The first kappa shape index (κ1) is 19.0. The van der Waals surface area contributed by atoms with E-state index in [1.54, 1.807) is 7.11 Å². The standard InChI is InChI=1S/C20H20ClN3O3S/c1-13-10-16(27-2)8-9-19(13)24-20(14-4-6-15(21)7-5-14)17-11-23(28(3,25)26)12-18(17)22-24/h4-10H,11-12H2,1-3H3. The highest BCUT2D eigenvalue weighted by atomic mass is 35.5. The van der Waals surface area contributed by atoms with E-state index in [1.165, 1.54) is 10.6 Å². The molecule has 0 saturated heterocycles. The normalized spacial score (nSPS) is 14.3. The molecule has 4 rings (SSSR count). The first-order valence-corrected chi connectivity index (χ1v) is 11.0. The van der Waals surface area contributed by atoms with Gasteiger partial charge >= 0.3 is 0 Å². The van der Waals surface area contributed by atoms with Crippen LogP contribution in [0.15, 0.2) is 42.5 Å². The number of halogens is 1. The summed E-state index contributed by atoms with van der Waals surface area (Å²) in [5.74, 6) is 0.775. The zero-order valence-corrected chi connectivity index (χ0v) is 17.4. The third kappa shape index (κ3) is 3.30. The van der Waals surface area contributed by atoms with Crippen LogP contribution >= 0.6 is 11.6 Å². The Balaban J connectivity index is 1.90. The monoisotopic (exact) mass is 417 g/mol. The van der Waals surface area contributed by atoms with E-state index in [0.717, 1.165) is 39.5 Å². The van der Waals surface area contributed by atoms with Crippen LogP contribution in [0.5, 0.6) is 5.75 Å². The molecule has 2 heterocycles. The fourth-order valence-electron chi connectivity index (χ4n) is 3.49. The van der Waals surface area contributed by atoms with Crippen LogP contribution in [0.1, 0.15) is 16.8 Å². The van der Waals surface area contributed by atoms with Gasteiger partial charge in [0.1, 0.15) is 5.75 Å². The molecule has 28 heavy (non-hydrogen) atoms. The minimum Gasteiger partial charge on any atom is -0.497 e. The van der Waals surface area contributed by atoms with E-state index in [9.17, 15) is 8.42 Å². The van der Waals surface area contributed by atoms with E-state index in [4.69, 9.17) is 21.4 Å². The second-order valence-electron chi connectivity index (χ2n) is 6.88. The Bertz CT molecular complexity index is 1150. The molecule has 0 N–H and O–H groups in total. The summed E-state index contributed by atoms with van der Waals surface area (Å²) >= 11 is 6.06. The molecular weight excluding hydrogens is 398 g/mol. The second-order valence-corrected chi connectivity index (χ2v) is 9.29. The molecule has 0 amide bonds. The van der Waals surface area contributed by atoms with Crippen molar-refractivity contribution in [2.45, 2.75) is 20.0 Å². The minimum absolute atomic E-state index is 0.275. The lowest BCUT2D eigenvalue weighted by Crippen LogP contribution is -2.24. The predicted molar refractivity (Wildman–Crippen MR) is 109 cm³/mol. The van der Waals surface area contributed by atoms with E-state index in [2.05, 4.69) is 0 Å². The van der Waals surface area contributed by atoms with Gasteiger partial charge in [-0.05, 0) is 42.8 Å². The maximum Gasteiger partial charge on any atom is 0.211 e. The zero-order chi connectivity index (χ0) is 20.1. The van der Waals surface area contributed by atoms with Crippen LogP contribution in [0, 0.1) is 6.92 Å². The average molecular weight is 418 g/mol. The Morgan fingerprint density at radius 1 is 1.11 bits per heavy atom. The topological polar surface area (TPSA) is 64.4 Å². The highest BCUT2D eigenvalue weighted by molar-refractivity contribution is 7.88. The van der Waals surface area contributed by atoms with Gasteiger partial charge in [-0.3, -0.25) is 0 Å². The van der Waals surface area contributed by atoms with Gasteiger partial charge in [-0.15, -0.1) is 0 Å². The number of nitrogens with zero attached hydrogens (tertiary/aromatic N) is 3. The molecule has 0 saturated carbocycles. The van der Waals surface area contributed by atoms with Crippen molar-refractivity contribution in [2.24, 2.45) is 0 Å². The number of fused-ring (bicyclic) bond motifs is 1. The number of rotatable bonds is 4. The predicted octanol–water partition coefficient (Wildman–Crippen LogP) is 3.78. The summed E-state index contributed by atoms with van der Waals surface area (Å²) in [6, 6.07) is 13.3. The number of aryl methyl sites for hydroxylation is 1. The van der Waals surface area contributed by atoms with Crippen molar-refractivity contribution in [1.82, 2.24) is 14.1 Å². The summed E-state index contributed by atoms with van der Waals surface area (Å²) in [5.41, 5.74) is 5.44. The summed E-state index contributed by atoms with van der Waals surface area (Å²) in [6.07, 6.45) is 1.22. The molecule has 0 aliphatic carbocycles. The average Bonchev–Trinajstić information content (AvgIpc) is 3.20. The molecule has 3 aromatic rings. The van der Waals surface area contributed by atoms with Crippen LogP contribution in [0.4, 0.5) is 0 Å². The van der Waals surface area contributed by atoms with Gasteiger partial charge in [-0.25, -0.2) is 13.1 Å². The summed E-state index contributed by atoms with van der Waals surface area (Å²) in [6.45, 7) is 2.58. The first-order chi connectivity index (χ1) is 13.3. The smallest absolute Gasteiger partial charge is 0.211 e. The SMILES string of the molecule is COc1ccc(-n2nc3c(c2-c2ccc(Cl)cc2)CN(S(C)(=O)=O)C3)c(C)c1. The molecule has 146 valence electrons. The minimum atomic E-state index is -3.29. The van der Waals surface area contributed by atoms with Crippen LogP contribution in [-0.4, -0.2) is 35.9 Å². The van der Waals surface area contributed by atoms with E-state index in [1.807, 2.05) is 54.1 Å². The molecule has 0 fully saturated rings. The Labute approximate surface area is 169 Å². The number of hydrogen-bond acceptors (Lipinski definition) is 4. The lowest BCUT2D eigenvalue weighted by atomic mass is 10.1. The second kappa shape index (κ2) is 6.92. The molecule has 1 aliphatic rings. The van der Waals surface area contributed by atoms with Crippen LogP contribution in [0.3, 0.4) is 0 Å². The number of methoxy groups -OCH3 is 1. The van der Waals surface area contributed by atoms with Gasteiger partial charge in [0.2, 0.25) is 10.0 Å². The lowest BCUT2D eigenvalue weighted by Gasteiger charge is -2.16. The molecule has 1 aromatic heterocycles. The largest absolute Gasteiger partial charge is 0.497 e. The quantitative estimate of drug-likeness (QED) is 0.648. The third-order valence-electron chi connectivity index (χ3n) is 4.95. The van der Waals surface area contributed by atoms with Crippen molar-refractivity contribution in [3.8, 4) is 22.7 Å².